The lowest BCUT2D eigenvalue weighted by Gasteiger charge is -2.13. The van der Waals surface area contributed by atoms with Crippen LogP contribution >= 0.6 is 0 Å². The number of nitrogens with one attached hydrogen (secondary N) is 1. The van der Waals surface area contributed by atoms with Gasteiger partial charge in [0.1, 0.15) is 24.4 Å². The summed E-state index contributed by atoms with van der Waals surface area (Å²) in [6, 6.07) is 16.0. The van der Waals surface area contributed by atoms with Crippen molar-refractivity contribution in [2.45, 2.75) is 33.9 Å². The molecule has 0 bridgehead atoms. The molecule has 0 radical (unpaired) electrons. The third-order valence-corrected chi connectivity index (χ3v) is 5.04. The number of benzene rings is 2. The highest BCUT2D eigenvalue weighted by atomic mass is 16.5. The number of hydrogen-bond donors (Lipinski definition) is 1. The zero-order chi connectivity index (χ0) is 24.1. The van der Waals surface area contributed by atoms with Crippen molar-refractivity contribution in [1.29, 1.82) is 0 Å². The molecule has 34 heavy (non-hydrogen) atoms. The second kappa shape index (κ2) is 10.2. The summed E-state index contributed by atoms with van der Waals surface area (Å²) in [7, 11) is 0. The lowest BCUT2D eigenvalue weighted by molar-refractivity contribution is -0.118. The van der Waals surface area contributed by atoms with E-state index in [9.17, 15) is 9.59 Å². The summed E-state index contributed by atoms with van der Waals surface area (Å²) < 4.78 is 14.7. The van der Waals surface area contributed by atoms with Crippen molar-refractivity contribution in [1.82, 2.24) is 19.2 Å². The fourth-order valence-electron chi connectivity index (χ4n) is 3.48. The summed E-state index contributed by atoms with van der Waals surface area (Å²) in [6.45, 7) is 6.63. The Kier molecular flexibility index (Phi) is 6.91. The van der Waals surface area contributed by atoms with E-state index >= 15 is 0 Å². The van der Waals surface area contributed by atoms with E-state index in [0.29, 0.717) is 41.1 Å². The van der Waals surface area contributed by atoms with Crippen LogP contribution in [0, 0.1) is 12.8 Å². The number of carbonyl (C=O) groups excluding carboxylic acids is 1. The Balaban J connectivity index is 1.42. The van der Waals surface area contributed by atoms with E-state index in [1.54, 1.807) is 35.3 Å². The number of rotatable bonds is 9. The lowest BCUT2D eigenvalue weighted by Crippen LogP contribution is -2.23. The van der Waals surface area contributed by atoms with Crippen molar-refractivity contribution < 1.29 is 14.3 Å². The number of aryl methyl sites for hydroxylation is 1. The van der Waals surface area contributed by atoms with Crippen molar-refractivity contribution >= 4 is 17.4 Å². The number of ether oxygens (including phenoxy) is 2. The molecule has 1 N–H and O–H groups in total. The van der Waals surface area contributed by atoms with E-state index in [2.05, 4.69) is 29.1 Å². The smallest absolute Gasteiger partial charge is 0.274 e. The molecule has 0 aliphatic carbocycles. The molecule has 0 atom stereocenters. The number of carbonyl (C=O) groups is 1. The number of hydrogen-bond acceptors (Lipinski definition) is 6. The topological polar surface area (TPSA) is 99.7 Å². The molecule has 4 rings (SSSR count). The minimum Gasteiger partial charge on any atom is -0.485 e. The van der Waals surface area contributed by atoms with Gasteiger partial charge in [0.15, 0.2) is 6.61 Å². The highest BCUT2D eigenvalue weighted by Gasteiger charge is 2.12. The third-order valence-electron chi connectivity index (χ3n) is 5.04. The minimum atomic E-state index is -0.312. The number of amides is 1. The van der Waals surface area contributed by atoms with Gasteiger partial charge in [0, 0.05) is 12.6 Å². The van der Waals surface area contributed by atoms with Crippen LogP contribution in [-0.4, -0.2) is 31.7 Å². The fraction of sp³-hybridized carbons (Fsp3) is 0.280. The van der Waals surface area contributed by atoms with Crippen molar-refractivity contribution in [2.24, 2.45) is 5.92 Å². The number of aromatic nitrogens is 4. The van der Waals surface area contributed by atoms with Crippen LogP contribution in [0.25, 0.3) is 5.78 Å². The van der Waals surface area contributed by atoms with Crippen LogP contribution in [0.3, 0.4) is 0 Å². The van der Waals surface area contributed by atoms with Crippen LogP contribution in [0.1, 0.15) is 25.1 Å². The van der Waals surface area contributed by atoms with Gasteiger partial charge >= 0.3 is 0 Å². The monoisotopic (exact) mass is 461 g/mol. The molecule has 9 heteroatoms. The summed E-state index contributed by atoms with van der Waals surface area (Å²) in [4.78, 5) is 33.8. The molecule has 176 valence electrons. The zero-order valence-electron chi connectivity index (χ0n) is 19.4. The Morgan fingerprint density at radius 2 is 1.79 bits per heavy atom. The molecule has 1 amide bonds. The summed E-state index contributed by atoms with van der Waals surface area (Å²) in [5.41, 5.74) is 1.67. The Morgan fingerprint density at radius 3 is 2.56 bits per heavy atom. The van der Waals surface area contributed by atoms with Gasteiger partial charge in [0.25, 0.3) is 17.2 Å². The molecule has 0 aliphatic rings. The van der Waals surface area contributed by atoms with Crippen LogP contribution in [0.15, 0.2) is 65.7 Å². The van der Waals surface area contributed by atoms with Crippen molar-refractivity contribution in [3.05, 3.63) is 82.5 Å². The Morgan fingerprint density at radius 1 is 1.06 bits per heavy atom. The van der Waals surface area contributed by atoms with Gasteiger partial charge in [-0.1, -0.05) is 44.2 Å². The first kappa shape index (κ1) is 23.0. The number of nitrogens with zero attached hydrogens (tertiary/aromatic N) is 4. The number of fused-ring (bicyclic) bond motifs is 1. The maximum Gasteiger partial charge on any atom is 0.274 e. The Bertz CT molecular complexity index is 1360. The molecule has 0 saturated heterocycles. The Labute approximate surface area is 197 Å². The van der Waals surface area contributed by atoms with Crippen molar-refractivity contribution in [3.8, 4) is 11.5 Å². The van der Waals surface area contributed by atoms with Gasteiger partial charge < -0.3 is 14.8 Å². The van der Waals surface area contributed by atoms with Gasteiger partial charge in [0.05, 0.1) is 11.4 Å². The molecule has 0 fully saturated rings. The van der Waals surface area contributed by atoms with E-state index < -0.39 is 0 Å². The molecule has 2 aromatic heterocycles. The second-order valence-electron chi connectivity index (χ2n) is 8.35. The second-order valence-corrected chi connectivity index (χ2v) is 8.35. The van der Waals surface area contributed by atoms with Gasteiger partial charge in [-0.25, -0.2) is 4.98 Å². The fourth-order valence-corrected chi connectivity index (χ4v) is 3.48. The number of para-hydroxylation sites is 3. The van der Waals surface area contributed by atoms with Crippen molar-refractivity contribution in [3.63, 3.8) is 0 Å². The first-order chi connectivity index (χ1) is 16.4. The summed E-state index contributed by atoms with van der Waals surface area (Å²) in [6.07, 6.45) is 1.61. The molecule has 0 saturated carbocycles. The van der Waals surface area contributed by atoms with Crippen LogP contribution in [0.5, 0.6) is 11.5 Å². The zero-order valence-corrected chi connectivity index (χ0v) is 19.4. The van der Waals surface area contributed by atoms with E-state index in [-0.39, 0.29) is 24.7 Å². The molecule has 2 aromatic carbocycles. The first-order valence-electron chi connectivity index (χ1n) is 11.0. The molecule has 9 nitrogen and oxygen atoms in total. The van der Waals surface area contributed by atoms with Crippen LogP contribution < -0.4 is 20.3 Å². The number of anilines is 1. The predicted molar refractivity (Wildman–Crippen MR) is 128 cm³/mol. The highest BCUT2D eigenvalue weighted by Crippen LogP contribution is 2.25. The van der Waals surface area contributed by atoms with Gasteiger partial charge in [-0.2, -0.15) is 9.50 Å². The molecule has 2 heterocycles. The quantitative estimate of drug-likeness (QED) is 0.410. The molecular weight excluding hydrogens is 434 g/mol. The molecule has 0 unspecified atom stereocenters. The van der Waals surface area contributed by atoms with Gasteiger partial charge in [0.2, 0.25) is 0 Å². The van der Waals surface area contributed by atoms with E-state index in [0.717, 1.165) is 5.56 Å². The van der Waals surface area contributed by atoms with E-state index in [1.165, 1.54) is 10.6 Å². The summed E-state index contributed by atoms with van der Waals surface area (Å²) in [5.74, 6) is 1.49. The SMILES string of the molecule is Cc1ccccc1OCC(=O)Nc1ccccc1OCc1cc(=O)n2c(ncn2CC(C)C)n1. The van der Waals surface area contributed by atoms with Gasteiger partial charge in [-0.15, -0.1) is 0 Å². The first-order valence-corrected chi connectivity index (χ1v) is 11.0. The highest BCUT2D eigenvalue weighted by molar-refractivity contribution is 5.93. The van der Waals surface area contributed by atoms with Crippen LogP contribution in [-0.2, 0) is 17.9 Å². The molecule has 0 spiro atoms. The van der Waals surface area contributed by atoms with Crippen LogP contribution in [0.2, 0.25) is 0 Å². The summed E-state index contributed by atoms with van der Waals surface area (Å²) >= 11 is 0. The van der Waals surface area contributed by atoms with E-state index in [4.69, 9.17) is 9.47 Å². The molecular formula is C25H27N5O4. The lowest BCUT2D eigenvalue weighted by atomic mass is 10.2. The van der Waals surface area contributed by atoms with Crippen molar-refractivity contribution in [2.75, 3.05) is 11.9 Å². The molecule has 0 aliphatic heterocycles. The minimum absolute atomic E-state index is 0.0510. The largest absolute Gasteiger partial charge is 0.485 e. The van der Waals surface area contributed by atoms with Gasteiger partial charge in [-0.3, -0.25) is 14.3 Å². The van der Waals surface area contributed by atoms with Gasteiger partial charge in [-0.05, 0) is 36.6 Å². The average molecular weight is 462 g/mol. The molecule has 4 aromatic rings. The average Bonchev–Trinajstić information content (AvgIpc) is 3.20. The van der Waals surface area contributed by atoms with E-state index in [1.807, 2.05) is 31.2 Å². The maximum atomic E-state index is 12.6. The Hall–Kier alpha value is -4.14. The third kappa shape index (κ3) is 5.43. The standard InChI is InChI=1S/C25H27N5O4/c1-17(2)13-29-16-26-25-27-19(12-24(32)30(25)29)14-33-22-11-7-5-9-20(22)28-23(31)15-34-21-10-6-4-8-18(21)3/h4-12,16-17H,13-15H2,1-3H3,(H,28,31). The van der Waals surface area contributed by atoms with Crippen LogP contribution in [0.4, 0.5) is 5.69 Å². The summed E-state index contributed by atoms with van der Waals surface area (Å²) in [5, 5.41) is 2.81. The predicted octanol–water partition coefficient (Wildman–Crippen LogP) is 3.45. The maximum absolute atomic E-state index is 12.6. The normalized spacial score (nSPS) is 11.1.